The molecule has 3 heteroatoms. The first-order valence-corrected chi connectivity index (χ1v) is 12.5. The molecule has 2 fully saturated rings. The number of rotatable bonds is 2. The van der Waals surface area contributed by atoms with Crippen LogP contribution in [-0.2, 0) is 4.79 Å². The molecule has 2 saturated carbocycles. The second-order valence-corrected chi connectivity index (χ2v) is 11.3. The molecule has 0 amide bonds. The number of benzene rings is 1. The Morgan fingerprint density at radius 2 is 1.85 bits per heavy atom. The first-order chi connectivity index (χ1) is 15.9. The molecule has 0 bridgehead atoms. The van der Waals surface area contributed by atoms with Crippen LogP contribution in [0.3, 0.4) is 0 Å². The number of aromatic nitrogens is 1. The van der Waals surface area contributed by atoms with Crippen LogP contribution >= 0.6 is 0 Å². The molecule has 2 aromatic rings. The van der Waals surface area contributed by atoms with Gasteiger partial charge in [0.2, 0.25) is 0 Å². The van der Waals surface area contributed by atoms with Gasteiger partial charge in [0.05, 0.1) is 6.20 Å². The number of fused-ring (bicyclic) bond motifs is 5. The zero-order chi connectivity index (χ0) is 22.8. The third kappa shape index (κ3) is 3.11. The monoisotopic (exact) mass is 441 g/mol. The van der Waals surface area contributed by atoms with Crippen molar-refractivity contribution in [3.05, 3.63) is 83.5 Å². The molecule has 4 aliphatic rings. The van der Waals surface area contributed by atoms with Crippen LogP contribution in [0.5, 0.6) is 0 Å². The normalized spacial score (nSPS) is 37.5. The molecular weight excluding hydrogens is 409 g/mol. The Hall–Kier alpha value is -2.55. The molecule has 1 unspecified atom stereocenters. The van der Waals surface area contributed by atoms with Gasteiger partial charge in [-0.2, -0.15) is 0 Å². The number of nitrogens with zero attached hydrogens (tertiary/aromatic N) is 1. The lowest BCUT2D eigenvalue weighted by Gasteiger charge is -2.59. The molecule has 0 N–H and O–H groups in total. The summed E-state index contributed by atoms with van der Waals surface area (Å²) in [6.45, 7) is 4.85. The van der Waals surface area contributed by atoms with Crippen molar-refractivity contribution >= 4 is 11.4 Å². The standard InChI is InChI=1S/C30H32FNO/c1-29-13-11-27-24(26(29)9-8-25(29)20-14-21(31)18-32-17-20)16-23(19-6-4-3-5-7-19)28-15-22(33)10-12-30(27,28)2/h3-8,14-15,17-18,23-24,26-27H,9-13,16H2,1-2H3/t23?,24-,26-,27-,29+,30+/m0/s1. The highest BCUT2D eigenvalue weighted by Gasteiger charge is 2.59. The Labute approximate surface area is 196 Å². The van der Waals surface area contributed by atoms with E-state index >= 15 is 0 Å². The highest BCUT2D eigenvalue weighted by molar-refractivity contribution is 5.92. The molecular formula is C30H32FNO. The van der Waals surface area contributed by atoms with E-state index in [1.165, 1.54) is 29.3 Å². The third-order valence-corrected chi connectivity index (χ3v) is 9.80. The second-order valence-electron chi connectivity index (χ2n) is 11.3. The number of allylic oxidation sites excluding steroid dienone is 4. The first-order valence-electron chi connectivity index (χ1n) is 12.5. The maximum atomic E-state index is 14.0. The molecule has 4 aliphatic carbocycles. The number of carbonyl (C=O) groups is 1. The zero-order valence-electron chi connectivity index (χ0n) is 19.6. The van der Waals surface area contributed by atoms with E-state index in [9.17, 15) is 9.18 Å². The minimum absolute atomic E-state index is 0.0555. The summed E-state index contributed by atoms with van der Waals surface area (Å²) >= 11 is 0. The van der Waals surface area contributed by atoms with Crippen LogP contribution in [0.4, 0.5) is 4.39 Å². The summed E-state index contributed by atoms with van der Waals surface area (Å²) in [5, 5.41) is 0. The molecule has 1 heterocycles. The minimum Gasteiger partial charge on any atom is -0.295 e. The molecule has 0 aliphatic heterocycles. The molecule has 1 aromatic heterocycles. The van der Waals surface area contributed by atoms with E-state index in [4.69, 9.17) is 0 Å². The van der Waals surface area contributed by atoms with Gasteiger partial charge in [-0.15, -0.1) is 0 Å². The number of carbonyl (C=O) groups excluding carboxylic acids is 1. The van der Waals surface area contributed by atoms with Gasteiger partial charge in [0, 0.05) is 18.5 Å². The van der Waals surface area contributed by atoms with Gasteiger partial charge in [0.25, 0.3) is 0 Å². The molecule has 33 heavy (non-hydrogen) atoms. The number of pyridine rings is 1. The Morgan fingerprint density at radius 3 is 2.64 bits per heavy atom. The van der Waals surface area contributed by atoms with Crippen molar-refractivity contribution in [1.82, 2.24) is 4.98 Å². The molecule has 6 atom stereocenters. The average molecular weight is 442 g/mol. The fourth-order valence-electron chi connectivity index (χ4n) is 8.22. The Kier molecular flexibility index (Phi) is 4.76. The molecule has 2 nitrogen and oxygen atoms in total. The number of ketones is 1. The fourth-order valence-corrected chi connectivity index (χ4v) is 8.22. The van der Waals surface area contributed by atoms with Gasteiger partial charge in [-0.1, -0.05) is 55.8 Å². The van der Waals surface area contributed by atoms with Gasteiger partial charge in [-0.05, 0) is 89.5 Å². The third-order valence-electron chi connectivity index (χ3n) is 9.80. The van der Waals surface area contributed by atoms with Gasteiger partial charge in [0.15, 0.2) is 5.78 Å². The zero-order valence-corrected chi connectivity index (χ0v) is 19.6. The van der Waals surface area contributed by atoms with E-state index in [1.54, 1.807) is 6.07 Å². The predicted octanol–water partition coefficient (Wildman–Crippen LogP) is 7.14. The maximum Gasteiger partial charge on any atom is 0.155 e. The first kappa shape index (κ1) is 21.0. The smallest absolute Gasteiger partial charge is 0.155 e. The maximum absolute atomic E-state index is 14.0. The lowest BCUT2D eigenvalue weighted by molar-refractivity contribution is -0.117. The minimum atomic E-state index is -0.259. The van der Waals surface area contributed by atoms with E-state index in [-0.39, 0.29) is 16.6 Å². The summed E-state index contributed by atoms with van der Waals surface area (Å²) in [7, 11) is 0. The largest absolute Gasteiger partial charge is 0.295 e. The number of hydrogen-bond acceptors (Lipinski definition) is 2. The molecule has 0 saturated heterocycles. The molecule has 6 rings (SSSR count). The van der Waals surface area contributed by atoms with Crippen molar-refractivity contribution in [3.8, 4) is 0 Å². The molecule has 0 spiro atoms. The van der Waals surface area contributed by atoms with E-state index in [0.717, 1.165) is 31.2 Å². The number of hydrogen-bond donors (Lipinski definition) is 0. The number of halogens is 1. The van der Waals surface area contributed by atoms with Crippen molar-refractivity contribution in [3.63, 3.8) is 0 Å². The summed E-state index contributed by atoms with van der Waals surface area (Å²) in [6.07, 6.45) is 13.6. The van der Waals surface area contributed by atoms with Gasteiger partial charge in [-0.3, -0.25) is 9.78 Å². The van der Waals surface area contributed by atoms with Crippen LogP contribution in [0.2, 0.25) is 0 Å². The SMILES string of the molecule is C[C@]12CCC(=O)C=C1C(c1ccccc1)C[C@@H]1[C@@H]2CC[C@]2(C)C(c3cncc(F)c3)=CC[C@@H]12. The predicted molar refractivity (Wildman–Crippen MR) is 129 cm³/mol. The van der Waals surface area contributed by atoms with Crippen LogP contribution in [0.15, 0.2) is 66.5 Å². The van der Waals surface area contributed by atoms with Crippen molar-refractivity contribution in [2.45, 2.75) is 58.3 Å². The van der Waals surface area contributed by atoms with Crippen molar-refractivity contribution in [1.29, 1.82) is 0 Å². The quantitative estimate of drug-likeness (QED) is 0.496. The van der Waals surface area contributed by atoms with Crippen molar-refractivity contribution in [2.75, 3.05) is 0 Å². The molecule has 170 valence electrons. The summed E-state index contributed by atoms with van der Waals surface area (Å²) < 4.78 is 14.0. The lowest BCUT2D eigenvalue weighted by atomic mass is 9.44. The molecule has 1 aromatic carbocycles. The Balaban J connectivity index is 1.41. The van der Waals surface area contributed by atoms with E-state index < -0.39 is 0 Å². The van der Waals surface area contributed by atoms with Gasteiger partial charge in [-0.25, -0.2) is 4.39 Å². The summed E-state index contributed by atoms with van der Waals surface area (Å²) in [4.78, 5) is 16.7. The highest BCUT2D eigenvalue weighted by Crippen LogP contribution is 2.68. The van der Waals surface area contributed by atoms with Crippen molar-refractivity contribution < 1.29 is 9.18 Å². The van der Waals surface area contributed by atoms with E-state index in [1.807, 2.05) is 12.3 Å². The molecule has 0 radical (unpaired) electrons. The van der Waals surface area contributed by atoms with Gasteiger partial charge < -0.3 is 0 Å². The fraction of sp³-hybridized carbons (Fsp3) is 0.467. The van der Waals surface area contributed by atoms with Gasteiger partial charge in [0.1, 0.15) is 5.82 Å². The van der Waals surface area contributed by atoms with Crippen LogP contribution in [0.1, 0.15) is 69.4 Å². The Bertz CT molecular complexity index is 1170. The highest BCUT2D eigenvalue weighted by atomic mass is 19.1. The lowest BCUT2D eigenvalue weighted by Crippen LogP contribution is -2.51. The van der Waals surface area contributed by atoms with Gasteiger partial charge >= 0.3 is 0 Å². The second kappa shape index (κ2) is 7.48. The summed E-state index contributed by atoms with van der Waals surface area (Å²) in [6, 6.07) is 12.5. The van der Waals surface area contributed by atoms with Crippen molar-refractivity contribution in [2.24, 2.45) is 28.6 Å². The average Bonchev–Trinajstić information content (AvgIpc) is 3.17. The van der Waals surface area contributed by atoms with Crippen LogP contribution in [0, 0.1) is 34.4 Å². The van der Waals surface area contributed by atoms with Crippen LogP contribution < -0.4 is 0 Å². The van der Waals surface area contributed by atoms with E-state index in [2.05, 4.69) is 55.2 Å². The van der Waals surface area contributed by atoms with Crippen LogP contribution in [0.25, 0.3) is 5.57 Å². The summed E-state index contributed by atoms with van der Waals surface area (Å²) in [5.41, 5.74) is 5.11. The van der Waals surface area contributed by atoms with E-state index in [0.29, 0.717) is 35.9 Å². The van der Waals surface area contributed by atoms with Crippen LogP contribution in [-0.4, -0.2) is 10.8 Å². The topological polar surface area (TPSA) is 30.0 Å². The summed E-state index contributed by atoms with van der Waals surface area (Å²) in [5.74, 6) is 2.10. The Morgan fingerprint density at radius 1 is 1.03 bits per heavy atom.